The molecule has 7 nitrogen and oxygen atoms in total. The lowest BCUT2D eigenvalue weighted by Crippen LogP contribution is -2.35. The quantitative estimate of drug-likeness (QED) is 0.386. The van der Waals surface area contributed by atoms with Crippen molar-refractivity contribution in [2.24, 2.45) is 0 Å². The fraction of sp³-hybridized carbons (Fsp3) is 0.238. The smallest absolute Gasteiger partial charge is 0.277 e. The molecule has 11 heteroatoms. The van der Waals surface area contributed by atoms with Gasteiger partial charge in [0, 0.05) is 37.4 Å². The summed E-state index contributed by atoms with van der Waals surface area (Å²) in [5.41, 5.74) is 0.681. The highest BCUT2D eigenvalue weighted by molar-refractivity contribution is 9.10. The summed E-state index contributed by atoms with van der Waals surface area (Å²) in [6.45, 7) is 4.33. The number of rotatable bonds is 6. The molecule has 0 atom stereocenters. The summed E-state index contributed by atoms with van der Waals surface area (Å²) in [5, 5.41) is 5.12. The van der Waals surface area contributed by atoms with Gasteiger partial charge in [0.05, 0.1) is 21.3 Å². The van der Waals surface area contributed by atoms with Crippen LogP contribution in [0.3, 0.4) is 0 Å². The number of aromatic nitrogens is 3. The molecular weight excluding hydrogens is 541 g/mol. The van der Waals surface area contributed by atoms with E-state index < -0.39 is 5.91 Å². The summed E-state index contributed by atoms with van der Waals surface area (Å²) >= 11 is 22.3. The van der Waals surface area contributed by atoms with Gasteiger partial charge in [0.1, 0.15) is 10.3 Å². The number of nitrogens with zero attached hydrogens (tertiary/aromatic N) is 5. The Balaban J connectivity index is 2.17. The molecule has 2 heterocycles. The number of carbonyl (C=O) groups excluding carboxylic acids is 2. The van der Waals surface area contributed by atoms with Gasteiger partial charge in [-0.05, 0) is 54.0 Å². The van der Waals surface area contributed by atoms with Gasteiger partial charge < -0.3 is 9.80 Å². The zero-order valence-corrected chi connectivity index (χ0v) is 21.3. The number of amides is 2. The highest BCUT2D eigenvalue weighted by atomic mass is 79.9. The molecule has 0 saturated carbocycles. The lowest BCUT2D eigenvalue weighted by Gasteiger charge is -2.26. The lowest BCUT2D eigenvalue weighted by atomic mass is 10.1. The first-order valence-electron chi connectivity index (χ1n) is 9.62. The van der Waals surface area contributed by atoms with Crippen LogP contribution in [0.4, 0.5) is 5.69 Å². The van der Waals surface area contributed by atoms with Crippen LogP contribution in [0.15, 0.2) is 41.1 Å². The molecule has 0 radical (unpaired) electrons. The van der Waals surface area contributed by atoms with Crippen molar-refractivity contribution < 1.29 is 9.59 Å². The van der Waals surface area contributed by atoms with E-state index in [1.165, 1.54) is 26.6 Å². The number of carbonyl (C=O) groups is 2. The minimum atomic E-state index is -0.440. The Morgan fingerprint density at radius 1 is 1.06 bits per heavy atom. The highest BCUT2D eigenvalue weighted by Crippen LogP contribution is 2.35. The molecule has 32 heavy (non-hydrogen) atoms. The van der Waals surface area contributed by atoms with Crippen LogP contribution in [-0.2, 0) is 0 Å². The summed E-state index contributed by atoms with van der Waals surface area (Å²) in [4.78, 5) is 33.9. The Labute approximate surface area is 209 Å². The van der Waals surface area contributed by atoms with Gasteiger partial charge >= 0.3 is 0 Å². The van der Waals surface area contributed by atoms with Crippen molar-refractivity contribution in [2.75, 3.05) is 25.0 Å². The Hall–Kier alpha value is -2.13. The van der Waals surface area contributed by atoms with Crippen molar-refractivity contribution in [3.05, 3.63) is 67.5 Å². The molecule has 0 aliphatic heterocycles. The molecule has 1 aromatic carbocycles. The molecule has 3 aromatic rings. The molecule has 0 bridgehead atoms. The molecule has 0 fully saturated rings. The summed E-state index contributed by atoms with van der Waals surface area (Å²) in [5.74, 6) is -0.450. The maximum atomic E-state index is 13.7. The van der Waals surface area contributed by atoms with Gasteiger partial charge in [-0.3, -0.25) is 9.59 Å². The number of pyridine rings is 1. The second-order valence-corrected chi connectivity index (χ2v) is 8.79. The molecule has 0 spiro atoms. The summed E-state index contributed by atoms with van der Waals surface area (Å²) in [6, 6.07) is 7.90. The van der Waals surface area contributed by atoms with Gasteiger partial charge in [-0.25, -0.2) is 9.67 Å². The Morgan fingerprint density at radius 2 is 1.78 bits per heavy atom. The number of hydrogen-bond acceptors (Lipinski definition) is 4. The summed E-state index contributed by atoms with van der Waals surface area (Å²) in [6.07, 6.45) is 1.55. The van der Waals surface area contributed by atoms with Crippen LogP contribution in [-0.4, -0.2) is 51.6 Å². The van der Waals surface area contributed by atoms with Crippen LogP contribution in [0, 0.1) is 0 Å². The minimum Gasteiger partial charge on any atom is -0.342 e. The van der Waals surface area contributed by atoms with Crippen LogP contribution in [0.5, 0.6) is 0 Å². The van der Waals surface area contributed by atoms with Gasteiger partial charge in [0.2, 0.25) is 0 Å². The van der Waals surface area contributed by atoms with Crippen molar-refractivity contribution in [2.45, 2.75) is 13.8 Å². The van der Waals surface area contributed by atoms with E-state index in [2.05, 4.69) is 26.0 Å². The average Bonchev–Trinajstić information content (AvgIpc) is 3.15. The molecule has 0 saturated heterocycles. The number of hydrogen-bond donors (Lipinski definition) is 0. The first-order valence-corrected chi connectivity index (χ1v) is 11.5. The maximum Gasteiger partial charge on any atom is 0.277 e. The molecule has 168 valence electrons. The number of halogens is 4. The summed E-state index contributed by atoms with van der Waals surface area (Å²) in [7, 11) is 1.66. The van der Waals surface area contributed by atoms with Crippen LogP contribution in [0.1, 0.15) is 34.7 Å². The van der Waals surface area contributed by atoms with Gasteiger partial charge in [0.25, 0.3) is 11.8 Å². The van der Waals surface area contributed by atoms with Gasteiger partial charge in [0.15, 0.2) is 5.82 Å². The van der Waals surface area contributed by atoms with Gasteiger partial charge in [-0.2, -0.15) is 5.10 Å². The first-order chi connectivity index (χ1) is 15.2. The molecule has 2 amide bonds. The molecule has 0 aliphatic carbocycles. The molecule has 0 unspecified atom stereocenters. The monoisotopic (exact) mass is 557 g/mol. The largest absolute Gasteiger partial charge is 0.342 e. The normalized spacial score (nSPS) is 10.8. The van der Waals surface area contributed by atoms with Crippen LogP contribution < -0.4 is 4.90 Å². The first kappa shape index (κ1) is 24.5. The number of anilines is 1. The van der Waals surface area contributed by atoms with Crippen molar-refractivity contribution in [3.8, 4) is 5.82 Å². The molecule has 0 aliphatic rings. The zero-order valence-electron chi connectivity index (χ0n) is 17.4. The molecule has 0 N–H and O–H groups in total. The van der Waals surface area contributed by atoms with E-state index in [4.69, 9.17) is 34.8 Å². The van der Waals surface area contributed by atoms with E-state index in [0.717, 1.165) is 0 Å². The average molecular weight is 560 g/mol. The highest BCUT2D eigenvalue weighted by Gasteiger charge is 2.29. The second kappa shape index (κ2) is 10.2. The Kier molecular flexibility index (Phi) is 7.82. The van der Waals surface area contributed by atoms with Crippen molar-refractivity contribution >= 4 is 68.2 Å². The van der Waals surface area contributed by atoms with E-state index in [-0.39, 0.29) is 34.4 Å². The van der Waals surface area contributed by atoms with Crippen molar-refractivity contribution in [1.82, 2.24) is 19.7 Å². The predicted molar refractivity (Wildman–Crippen MR) is 131 cm³/mol. The summed E-state index contributed by atoms with van der Waals surface area (Å²) < 4.78 is 1.77. The fourth-order valence-corrected chi connectivity index (χ4v) is 4.27. The van der Waals surface area contributed by atoms with Crippen molar-refractivity contribution in [3.63, 3.8) is 0 Å². The Morgan fingerprint density at radius 3 is 2.41 bits per heavy atom. The topological polar surface area (TPSA) is 71.3 Å². The maximum absolute atomic E-state index is 13.7. The van der Waals surface area contributed by atoms with E-state index in [1.807, 2.05) is 6.92 Å². The van der Waals surface area contributed by atoms with Crippen LogP contribution in [0.25, 0.3) is 5.82 Å². The van der Waals surface area contributed by atoms with E-state index in [9.17, 15) is 9.59 Å². The van der Waals surface area contributed by atoms with Crippen molar-refractivity contribution in [1.29, 1.82) is 0 Å². The van der Waals surface area contributed by atoms with E-state index in [1.54, 1.807) is 38.4 Å². The third-order valence-corrected chi connectivity index (χ3v) is 5.94. The molecular formula is C21H19BrCl3N5O2. The number of benzene rings is 1. The fourth-order valence-electron chi connectivity index (χ4n) is 3.09. The van der Waals surface area contributed by atoms with Gasteiger partial charge in [-0.15, -0.1) is 0 Å². The zero-order chi connectivity index (χ0) is 23.6. The van der Waals surface area contributed by atoms with E-state index in [0.29, 0.717) is 27.0 Å². The third-order valence-electron chi connectivity index (χ3n) is 4.75. The molecule has 2 aromatic heterocycles. The predicted octanol–water partition coefficient (Wildman–Crippen LogP) is 5.75. The Bertz CT molecular complexity index is 1180. The lowest BCUT2D eigenvalue weighted by molar-refractivity contribution is 0.0803. The standard InChI is InChI=1S/C21H19BrCl3N5O2/c1-4-28(3)20(31)13-9-12(23)10-15(25)18(13)29(5-2)21(32)16-11-17(22)27-30(16)19-14(24)7-6-8-26-19/h6-11H,4-5H2,1-3H3. The third kappa shape index (κ3) is 4.78. The van der Waals surface area contributed by atoms with E-state index >= 15 is 0 Å². The van der Waals surface area contributed by atoms with Crippen LogP contribution >= 0.6 is 50.7 Å². The second-order valence-electron chi connectivity index (χ2n) is 6.73. The van der Waals surface area contributed by atoms with Gasteiger partial charge in [-0.1, -0.05) is 34.8 Å². The minimum absolute atomic E-state index is 0.182. The SMILES string of the molecule is CCN(C)C(=O)c1cc(Cl)cc(Cl)c1N(CC)C(=O)c1cc(Br)nn1-c1ncccc1Cl. The molecule has 3 rings (SSSR count). The van der Waals surface area contributed by atoms with Crippen LogP contribution in [0.2, 0.25) is 15.1 Å².